The van der Waals surface area contributed by atoms with Crippen molar-refractivity contribution in [1.82, 2.24) is 0 Å². The molecule has 0 bridgehead atoms. The number of benzene rings is 1. The fourth-order valence-electron chi connectivity index (χ4n) is 2.72. The summed E-state index contributed by atoms with van der Waals surface area (Å²) in [5, 5.41) is 1.94. The summed E-state index contributed by atoms with van der Waals surface area (Å²) >= 11 is 1.44. The second-order valence-electron chi connectivity index (χ2n) is 5.12. The van der Waals surface area contributed by atoms with Crippen LogP contribution < -0.4 is 4.90 Å². The van der Waals surface area contributed by atoms with Gasteiger partial charge >= 0.3 is 5.97 Å². The van der Waals surface area contributed by atoms with Crippen molar-refractivity contribution in [1.29, 1.82) is 0 Å². The minimum atomic E-state index is -0.230. The van der Waals surface area contributed by atoms with E-state index in [4.69, 9.17) is 4.74 Å². The van der Waals surface area contributed by atoms with E-state index >= 15 is 0 Å². The highest BCUT2D eigenvalue weighted by Crippen LogP contribution is 2.31. The van der Waals surface area contributed by atoms with Gasteiger partial charge in [-0.15, -0.1) is 11.3 Å². The average Bonchev–Trinajstić information content (AvgIpc) is 3.19. The number of nitrogens with zero attached hydrogens (tertiary/aromatic N) is 1. The predicted molar refractivity (Wildman–Crippen MR) is 87.2 cm³/mol. The van der Waals surface area contributed by atoms with Crippen molar-refractivity contribution in [2.45, 2.75) is 19.8 Å². The van der Waals surface area contributed by atoms with Crippen LogP contribution in [0.15, 0.2) is 35.7 Å². The first kappa shape index (κ1) is 14.1. The topological polar surface area (TPSA) is 29.5 Å². The molecule has 2 aromatic rings. The zero-order valence-electron chi connectivity index (χ0n) is 12.2. The van der Waals surface area contributed by atoms with Crippen LogP contribution in [0.4, 0.5) is 5.69 Å². The standard InChI is InChI=1S/C17H19NO2S/c1-2-20-17(19)16-15(9-12-21-16)13-5-7-14(8-6-13)18-10-3-4-11-18/h5-9,12H,2-4,10-11H2,1H3. The molecule has 1 saturated heterocycles. The molecular weight excluding hydrogens is 282 g/mol. The van der Waals surface area contributed by atoms with Crippen LogP contribution in [0.5, 0.6) is 0 Å². The Labute approximate surface area is 129 Å². The Bertz CT molecular complexity index is 612. The number of ether oxygens (including phenoxy) is 1. The third-order valence-corrected chi connectivity index (χ3v) is 4.67. The van der Waals surface area contributed by atoms with Crippen LogP contribution >= 0.6 is 11.3 Å². The van der Waals surface area contributed by atoms with E-state index in [0.717, 1.165) is 24.2 Å². The summed E-state index contributed by atoms with van der Waals surface area (Å²) in [6.07, 6.45) is 2.55. The van der Waals surface area contributed by atoms with Crippen LogP contribution in [0, 0.1) is 0 Å². The van der Waals surface area contributed by atoms with Gasteiger partial charge in [-0.1, -0.05) is 12.1 Å². The molecule has 0 amide bonds. The molecule has 0 aliphatic carbocycles. The molecule has 0 spiro atoms. The van der Waals surface area contributed by atoms with Gasteiger partial charge < -0.3 is 9.64 Å². The second-order valence-corrected chi connectivity index (χ2v) is 6.04. The molecule has 0 radical (unpaired) electrons. The van der Waals surface area contributed by atoms with Crippen LogP contribution in [0.1, 0.15) is 29.4 Å². The lowest BCUT2D eigenvalue weighted by Crippen LogP contribution is -2.17. The summed E-state index contributed by atoms with van der Waals surface area (Å²) in [7, 11) is 0. The molecule has 0 unspecified atom stereocenters. The Morgan fingerprint density at radius 3 is 2.57 bits per heavy atom. The van der Waals surface area contributed by atoms with Gasteiger partial charge in [0.05, 0.1) is 6.61 Å². The molecule has 1 aromatic carbocycles. The van der Waals surface area contributed by atoms with Crippen LogP contribution in [0.3, 0.4) is 0 Å². The van der Waals surface area contributed by atoms with Crippen LogP contribution in [-0.2, 0) is 4.74 Å². The summed E-state index contributed by atoms with van der Waals surface area (Å²) in [6.45, 7) is 4.53. The molecule has 1 fully saturated rings. The van der Waals surface area contributed by atoms with Crippen molar-refractivity contribution in [2.24, 2.45) is 0 Å². The summed E-state index contributed by atoms with van der Waals surface area (Å²) in [4.78, 5) is 15.0. The predicted octanol–water partition coefficient (Wildman–Crippen LogP) is 4.19. The van der Waals surface area contributed by atoms with Crippen LogP contribution in [0.25, 0.3) is 11.1 Å². The number of rotatable bonds is 4. The fraction of sp³-hybridized carbons (Fsp3) is 0.353. The van der Waals surface area contributed by atoms with Crippen molar-refractivity contribution in [3.8, 4) is 11.1 Å². The highest BCUT2D eigenvalue weighted by molar-refractivity contribution is 7.12. The first-order valence-corrected chi connectivity index (χ1v) is 8.27. The lowest BCUT2D eigenvalue weighted by atomic mass is 10.1. The fourth-order valence-corrected chi connectivity index (χ4v) is 3.53. The normalized spacial score (nSPS) is 14.4. The third-order valence-electron chi connectivity index (χ3n) is 3.78. The van der Waals surface area contributed by atoms with Gasteiger partial charge in [0.15, 0.2) is 0 Å². The first-order chi connectivity index (χ1) is 10.3. The second kappa shape index (κ2) is 6.31. The van der Waals surface area contributed by atoms with Gasteiger partial charge in [-0.3, -0.25) is 0 Å². The van der Waals surface area contributed by atoms with E-state index in [1.54, 1.807) is 0 Å². The van der Waals surface area contributed by atoms with Gasteiger partial charge in [-0.25, -0.2) is 4.79 Å². The van der Waals surface area contributed by atoms with Gasteiger partial charge in [-0.2, -0.15) is 0 Å². The summed E-state index contributed by atoms with van der Waals surface area (Å²) in [5.74, 6) is -0.230. The van der Waals surface area contributed by atoms with Crippen molar-refractivity contribution < 1.29 is 9.53 Å². The monoisotopic (exact) mass is 301 g/mol. The van der Waals surface area contributed by atoms with Gasteiger partial charge in [0.25, 0.3) is 0 Å². The van der Waals surface area contributed by atoms with Gasteiger partial charge in [0.2, 0.25) is 0 Å². The minimum absolute atomic E-state index is 0.230. The maximum absolute atomic E-state index is 12.0. The number of esters is 1. The molecule has 3 nitrogen and oxygen atoms in total. The molecule has 1 aromatic heterocycles. The molecule has 4 heteroatoms. The highest BCUT2D eigenvalue weighted by Gasteiger charge is 2.16. The van der Waals surface area contributed by atoms with Crippen molar-refractivity contribution in [3.05, 3.63) is 40.6 Å². The van der Waals surface area contributed by atoms with Crippen molar-refractivity contribution in [3.63, 3.8) is 0 Å². The molecule has 2 heterocycles. The maximum atomic E-state index is 12.0. The van der Waals surface area contributed by atoms with Gasteiger partial charge in [0, 0.05) is 24.3 Å². The number of carbonyl (C=O) groups is 1. The van der Waals surface area contributed by atoms with E-state index < -0.39 is 0 Å². The number of carbonyl (C=O) groups excluding carboxylic acids is 1. The molecule has 110 valence electrons. The zero-order chi connectivity index (χ0) is 14.7. The molecule has 21 heavy (non-hydrogen) atoms. The highest BCUT2D eigenvalue weighted by atomic mass is 32.1. The Balaban J connectivity index is 1.84. The third kappa shape index (κ3) is 2.95. The number of anilines is 1. The molecular formula is C17H19NO2S. The van der Waals surface area contributed by atoms with E-state index in [9.17, 15) is 4.79 Å². The van der Waals surface area contributed by atoms with Gasteiger partial charge in [0.1, 0.15) is 4.88 Å². The quantitative estimate of drug-likeness (QED) is 0.793. The Morgan fingerprint density at radius 1 is 1.19 bits per heavy atom. The smallest absolute Gasteiger partial charge is 0.348 e. The first-order valence-electron chi connectivity index (χ1n) is 7.39. The Hall–Kier alpha value is -1.81. The zero-order valence-corrected chi connectivity index (χ0v) is 13.0. The van der Waals surface area contributed by atoms with Gasteiger partial charge in [-0.05, 0) is 48.9 Å². The molecule has 1 aliphatic rings. The Morgan fingerprint density at radius 2 is 1.90 bits per heavy atom. The lowest BCUT2D eigenvalue weighted by molar-refractivity contribution is 0.0533. The number of thiophene rings is 1. The van der Waals surface area contributed by atoms with E-state index in [2.05, 4.69) is 29.2 Å². The summed E-state index contributed by atoms with van der Waals surface area (Å²) < 4.78 is 5.12. The molecule has 1 aliphatic heterocycles. The van der Waals surface area contributed by atoms with Crippen LogP contribution in [-0.4, -0.2) is 25.7 Å². The minimum Gasteiger partial charge on any atom is -0.462 e. The van der Waals surface area contributed by atoms with E-state index in [0.29, 0.717) is 11.5 Å². The average molecular weight is 301 g/mol. The molecule has 0 N–H and O–H groups in total. The van der Waals surface area contributed by atoms with E-state index in [-0.39, 0.29) is 5.97 Å². The molecule has 3 rings (SSSR count). The number of hydrogen-bond donors (Lipinski definition) is 0. The van der Waals surface area contributed by atoms with E-state index in [1.165, 1.54) is 29.9 Å². The van der Waals surface area contributed by atoms with E-state index in [1.807, 2.05) is 18.4 Å². The maximum Gasteiger partial charge on any atom is 0.348 e. The number of hydrogen-bond acceptors (Lipinski definition) is 4. The summed E-state index contributed by atoms with van der Waals surface area (Å²) in [6, 6.07) is 10.5. The molecule has 0 saturated carbocycles. The van der Waals surface area contributed by atoms with Crippen LogP contribution in [0.2, 0.25) is 0 Å². The lowest BCUT2D eigenvalue weighted by Gasteiger charge is -2.17. The SMILES string of the molecule is CCOC(=O)c1sccc1-c1ccc(N2CCCC2)cc1. The Kier molecular flexibility index (Phi) is 4.25. The van der Waals surface area contributed by atoms with Crippen molar-refractivity contribution >= 4 is 23.0 Å². The summed E-state index contributed by atoms with van der Waals surface area (Å²) in [5.41, 5.74) is 3.30. The largest absolute Gasteiger partial charge is 0.462 e. The molecule has 0 atom stereocenters. The van der Waals surface area contributed by atoms with Crippen molar-refractivity contribution in [2.75, 3.05) is 24.6 Å².